The van der Waals surface area contributed by atoms with Crippen molar-refractivity contribution in [1.82, 2.24) is 15.6 Å². The second kappa shape index (κ2) is 6.98. The van der Waals surface area contributed by atoms with Gasteiger partial charge >= 0.3 is 0 Å². The highest BCUT2D eigenvalue weighted by Gasteiger charge is 2.33. The summed E-state index contributed by atoms with van der Waals surface area (Å²) in [4.78, 5) is 16.4. The fourth-order valence-electron chi connectivity index (χ4n) is 2.23. The molecule has 0 spiro atoms. The summed E-state index contributed by atoms with van der Waals surface area (Å²) >= 11 is 1.62. The van der Waals surface area contributed by atoms with Gasteiger partial charge in [-0.15, -0.1) is 11.3 Å². The van der Waals surface area contributed by atoms with Gasteiger partial charge < -0.3 is 15.4 Å². The maximum Gasteiger partial charge on any atom is 0.227 e. The molecule has 19 heavy (non-hydrogen) atoms. The lowest BCUT2D eigenvalue weighted by molar-refractivity contribution is -0.125. The topological polar surface area (TPSA) is 63.2 Å². The van der Waals surface area contributed by atoms with Crippen LogP contribution in [0.1, 0.15) is 24.8 Å². The molecule has 1 amide bonds. The lowest BCUT2D eigenvalue weighted by Gasteiger charge is -2.18. The number of thiazole rings is 1. The first kappa shape index (κ1) is 14.4. The van der Waals surface area contributed by atoms with Gasteiger partial charge in [-0.05, 0) is 6.54 Å². The first-order chi connectivity index (χ1) is 9.22. The molecule has 106 valence electrons. The first-order valence-corrected chi connectivity index (χ1v) is 7.58. The Morgan fingerprint density at radius 3 is 3.16 bits per heavy atom. The van der Waals surface area contributed by atoms with Crippen LogP contribution in [0.15, 0.2) is 11.6 Å². The van der Waals surface area contributed by atoms with Crippen LogP contribution in [0.2, 0.25) is 0 Å². The van der Waals surface area contributed by atoms with Crippen molar-refractivity contribution in [3.8, 4) is 0 Å². The van der Waals surface area contributed by atoms with E-state index in [1.54, 1.807) is 17.5 Å². The maximum atomic E-state index is 12.2. The molecule has 0 radical (unpaired) electrons. The minimum Gasteiger partial charge on any atom is -0.379 e. The summed E-state index contributed by atoms with van der Waals surface area (Å²) in [6, 6.07) is 0.139. The van der Waals surface area contributed by atoms with Crippen molar-refractivity contribution in [2.24, 2.45) is 5.92 Å². The zero-order valence-electron chi connectivity index (χ0n) is 11.4. The van der Waals surface area contributed by atoms with Crippen LogP contribution in [0.25, 0.3) is 0 Å². The molecule has 1 aromatic heterocycles. The quantitative estimate of drug-likeness (QED) is 0.817. The Morgan fingerprint density at radius 2 is 2.47 bits per heavy atom. The zero-order chi connectivity index (χ0) is 13.7. The largest absolute Gasteiger partial charge is 0.379 e. The highest BCUT2D eigenvalue weighted by Crippen LogP contribution is 2.18. The van der Waals surface area contributed by atoms with Crippen molar-refractivity contribution in [3.63, 3.8) is 0 Å². The van der Waals surface area contributed by atoms with Gasteiger partial charge in [0.1, 0.15) is 0 Å². The molecule has 0 saturated carbocycles. The summed E-state index contributed by atoms with van der Waals surface area (Å²) in [6.07, 6.45) is 1.80. The lowest BCUT2D eigenvalue weighted by atomic mass is 10.0. The smallest absolute Gasteiger partial charge is 0.227 e. The van der Waals surface area contributed by atoms with Crippen LogP contribution < -0.4 is 10.6 Å². The van der Waals surface area contributed by atoms with Crippen LogP contribution in [-0.2, 0) is 9.53 Å². The Labute approximate surface area is 117 Å². The number of likely N-dealkylation sites (N-methyl/N-ethyl adjacent to an activating group) is 1. The third-order valence-electron chi connectivity index (χ3n) is 3.34. The van der Waals surface area contributed by atoms with Gasteiger partial charge in [0.2, 0.25) is 5.91 Å². The van der Waals surface area contributed by atoms with Gasteiger partial charge in [-0.2, -0.15) is 0 Å². The number of rotatable bonds is 6. The van der Waals surface area contributed by atoms with E-state index in [9.17, 15) is 4.79 Å². The van der Waals surface area contributed by atoms with E-state index >= 15 is 0 Å². The van der Waals surface area contributed by atoms with Crippen molar-refractivity contribution in [3.05, 3.63) is 16.6 Å². The molecule has 0 bridgehead atoms. The standard InChI is InChI=1S/C13H21N3O2S/c1-3-14-11-8-18-7-10(11)12(17)16-6-9(2)13-15-4-5-19-13/h4-5,9-11,14H,3,6-8H2,1-2H3,(H,16,17). The molecule has 2 heterocycles. The fourth-order valence-corrected chi connectivity index (χ4v) is 2.92. The number of hydrogen-bond donors (Lipinski definition) is 2. The second-order valence-electron chi connectivity index (χ2n) is 4.82. The van der Waals surface area contributed by atoms with Crippen molar-refractivity contribution in [2.75, 3.05) is 26.3 Å². The van der Waals surface area contributed by atoms with Gasteiger partial charge in [0, 0.05) is 30.1 Å². The number of aromatic nitrogens is 1. The molecule has 3 atom stereocenters. The van der Waals surface area contributed by atoms with E-state index in [4.69, 9.17) is 4.74 Å². The third-order valence-corrected chi connectivity index (χ3v) is 4.35. The summed E-state index contributed by atoms with van der Waals surface area (Å²) in [7, 11) is 0. The van der Waals surface area contributed by atoms with Crippen LogP contribution in [0.3, 0.4) is 0 Å². The molecule has 1 aliphatic heterocycles. The second-order valence-corrected chi connectivity index (χ2v) is 5.75. The molecular weight excluding hydrogens is 262 g/mol. The third kappa shape index (κ3) is 3.75. The van der Waals surface area contributed by atoms with E-state index in [0.29, 0.717) is 19.8 Å². The highest BCUT2D eigenvalue weighted by molar-refractivity contribution is 7.09. The molecule has 2 rings (SSSR count). The molecule has 0 aliphatic carbocycles. The minimum absolute atomic E-state index is 0.0758. The van der Waals surface area contributed by atoms with Gasteiger partial charge in [-0.3, -0.25) is 4.79 Å². The molecule has 5 nitrogen and oxygen atoms in total. The number of hydrogen-bond acceptors (Lipinski definition) is 5. The van der Waals surface area contributed by atoms with Gasteiger partial charge in [0.15, 0.2) is 0 Å². The predicted molar refractivity (Wildman–Crippen MR) is 75.3 cm³/mol. The molecule has 3 unspecified atom stereocenters. The zero-order valence-corrected chi connectivity index (χ0v) is 12.2. The molecule has 1 aromatic rings. The Balaban J connectivity index is 1.80. The molecular formula is C13H21N3O2S. The number of nitrogens with one attached hydrogen (secondary N) is 2. The molecule has 1 fully saturated rings. The predicted octanol–water partition coefficient (Wildman–Crippen LogP) is 0.987. The summed E-state index contributed by atoms with van der Waals surface area (Å²) in [5, 5.41) is 9.32. The summed E-state index contributed by atoms with van der Waals surface area (Å²) in [6.45, 7) is 6.72. The number of carbonyl (C=O) groups is 1. The van der Waals surface area contributed by atoms with Crippen molar-refractivity contribution in [2.45, 2.75) is 25.8 Å². The van der Waals surface area contributed by atoms with Gasteiger partial charge in [0.25, 0.3) is 0 Å². The Bertz CT molecular complexity index is 397. The monoisotopic (exact) mass is 283 g/mol. The minimum atomic E-state index is -0.0801. The van der Waals surface area contributed by atoms with Gasteiger partial charge in [-0.25, -0.2) is 4.98 Å². The number of amides is 1. The van der Waals surface area contributed by atoms with Crippen molar-refractivity contribution >= 4 is 17.2 Å². The number of ether oxygens (including phenoxy) is 1. The Hall–Kier alpha value is -0.980. The average Bonchev–Trinajstić information content (AvgIpc) is 3.06. The van der Waals surface area contributed by atoms with Crippen LogP contribution in [0.4, 0.5) is 0 Å². The van der Waals surface area contributed by atoms with Crippen LogP contribution in [0, 0.1) is 5.92 Å². The number of nitrogens with zero attached hydrogens (tertiary/aromatic N) is 1. The van der Waals surface area contributed by atoms with Crippen LogP contribution >= 0.6 is 11.3 Å². The molecule has 2 N–H and O–H groups in total. The summed E-state index contributed by atoms with van der Waals surface area (Å²) in [5.74, 6) is 0.249. The van der Waals surface area contributed by atoms with Crippen molar-refractivity contribution in [1.29, 1.82) is 0 Å². The molecule has 0 aromatic carbocycles. The SMILES string of the molecule is CCNC1COCC1C(=O)NCC(C)c1nccs1. The maximum absolute atomic E-state index is 12.2. The average molecular weight is 283 g/mol. The molecule has 6 heteroatoms. The number of carbonyl (C=O) groups excluding carboxylic acids is 1. The highest BCUT2D eigenvalue weighted by atomic mass is 32.1. The van der Waals surface area contributed by atoms with E-state index in [-0.39, 0.29) is 23.8 Å². The van der Waals surface area contributed by atoms with E-state index in [1.807, 2.05) is 12.3 Å². The van der Waals surface area contributed by atoms with E-state index < -0.39 is 0 Å². The van der Waals surface area contributed by atoms with E-state index in [0.717, 1.165) is 11.6 Å². The van der Waals surface area contributed by atoms with E-state index in [2.05, 4.69) is 22.5 Å². The Morgan fingerprint density at radius 1 is 1.63 bits per heavy atom. The van der Waals surface area contributed by atoms with Gasteiger partial charge in [-0.1, -0.05) is 13.8 Å². The van der Waals surface area contributed by atoms with Crippen LogP contribution in [-0.4, -0.2) is 43.2 Å². The summed E-state index contributed by atoms with van der Waals surface area (Å²) < 4.78 is 5.39. The Kier molecular flexibility index (Phi) is 5.30. The van der Waals surface area contributed by atoms with Crippen molar-refractivity contribution < 1.29 is 9.53 Å². The molecule has 1 saturated heterocycles. The van der Waals surface area contributed by atoms with E-state index in [1.165, 1.54) is 0 Å². The van der Waals surface area contributed by atoms with Crippen LogP contribution in [0.5, 0.6) is 0 Å². The lowest BCUT2D eigenvalue weighted by Crippen LogP contribution is -2.44. The van der Waals surface area contributed by atoms with Gasteiger partial charge in [0.05, 0.1) is 24.1 Å². The normalized spacial score (nSPS) is 24.3. The first-order valence-electron chi connectivity index (χ1n) is 6.70. The summed E-state index contributed by atoms with van der Waals surface area (Å²) in [5.41, 5.74) is 0. The fraction of sp³-hybridized carbons (Fsp3) is 0.692. The molecule has 1 aliphatic rings.